The number of oxazole rings is 1. The molecule has 0 aliphatic rings. The summed E-state index contributed by atoms with van der Waals surface area (Å²) in [5.74, 6) is 2.65. The minimum absolute atomic E-state index is 0.687. The molecule has 0 spiro atoms. The molecule has 92 valence electrons. The SMILES string of the molecule is CCNCc1ccc(CSc2nc(C)co2)o1. The molecule has 2 aromatic heterocycles. The second-order valence-corrected chi connectivity index (χ2v) is 4.62. The fourth-order valence-electron chi connectivity index (χ4n) is 1.37. The average molecular weight is 252 g/mol. The standard InChI is InChI=1S/C12H16N2O2S/c1-3-13-6-10-4-5-11(16-10)8-17-12-14-9(2)7-15-12/h4-5,7,13H,3,6,8H2,1-2H3. The lowest BCUT2D eigenvalue weighted by atomic mass is 10.4. The number of hydrogen-bond donors (Lipinski definition) is 1. The first-order valence-electron chi connectivity index (χ1n) is 5.61. The summed E-state index contributed by atoms with van der Waals surface area (Å²) in [5.41, 5.74) is 0.903. The zero-order chi connectivity index (χ0) is 12.1. The Kier molecular flexibility index (Phi) is 4.28. The van der Waals surface area contributed by atoms with Gasteiger partial charge in [-0.2, -0.15) is 0 Å². The second kappa shape index (κ2) is 5.93. The highest BCUT2D eigenvalue weighted by atomic mass is 32.2. The normalized spacial score (nSPS) is 10.9. The molecular weight excluding hydrogens is 236 g/mol. The number of aryl methyl sites for hydroxylation is 1. The van der Waals surface area contributed by atoms with Crippen LogP contribution in [-0.4, -0.2) is 11.5 Å². The molecule has 2 rings (SSSR count). The van der Waals surface area contributed by atoms with Crippen LogP contribution in [0.4, 0.5) is 0 Å². The average Bonchev–Trinajstić information content (AvgIpc) is 2.93. The summed E-state index contributed by atoms with van der Waals surface area (Å²) >= 11 is 1.54. The molecule has 0 aliphatic carbocycles. The van der Waals surface area contributed by atoms with Crippen LogP contribution < -0.4 is 5.32 Å². The van der Waals surface area contributed by atoms with Crippen LogP contribution in [0.15, 0.2) is 32.5 Å². The van der Waals surface area contributed by atoms with Crippen LogP contribution in [0.2, 0.25) is 0 Å². The third-order valence-corrected chi connectivity index (χ3v) is 3.07. The van der Waals surface area contributed by atoms with Gasteiger partial charge in [0.25, 0.3) is 5.22 Å². The van der Waals surface area contributed by atoms with E-state index < -0.39 is 0 Å². The molecule has 0 saturated heterocycles. The quantitative estimate of drug-likeness (QED) is 0.801. The van der Waals surface area contributed by atoms with E-state index in [-0.39, 0.29) is 0 Å². The number of thioether (sulfide) groups is 1. The van der Waals surface area contributed by atoms with E-state index in [0.29, 0.717) is 5.22 Å². The van der Waals surface area contributed by atoms with Crippen LogP contribution in [0, 0.1) is 6.92 Å². The highest BCUT2D eigenvalue weighted by Crippen LogP contribution is 2.22. The Morgan fingerprint density at radius 2 is 2.18 bits per heavy atom. The van der Waals surface area contributed by atoms with Crippen molar-refractivity contribution in [2.24, 2.45) is 0 Å². The molecule has 17 heavy (non-hydrogen) atoms. The number of aromatic nitrogens is 1. The van der Waals surface area contributed by atoms with E-state index >= 15 is 0 Å². The van der Waals surface area contributed by atoms with Crippen molar-refractivity contribution in [1.82, 2.24) is 10.3 Å². The maximum absolute atomic E-state index is 5.66. The van der Waals surface area contributed by atoms with Crippen molar-refractivity contribution in [1.29, 1.82) is 0 Å². The van der Waals surface area contributed by atoms with E-state index in [1.165, 1.54) is 11.8 Å². The minimum atomic E-state index is 0.687. The van der Waals surface area contributed by atoms with Gasteiger partial charge in [-0.3, -0.25) is 0 Å². The maximum Gasteiger partial charge on any atom is 0.256 e. The first-order chi connectivity index (χ1) is 8.28. The molecule has 1 N–H and O–H groups in total. The van der Waals surface area contributed by atoms with E-state index in [1.807, 2.05) is 19.1 Å². The Hall–Kier alpha value is -1.20. The number of hydrogen-bond acceptors (Lipinski definition) is 5. The lowest BCUT2D eigenvalue weighted by Crippen LogP contribution is -2.10. The fraction of sp³-hybridized carbons (Fsp3) is 0.417. The van der Waals surface area contributed by atoms with E-state index in [2.05, 4.69) is 17.2 Å². The zero-order valence-electron chi connectivity index (χ0n) is 10.0. The van der Waals surface area contributed by atoms with Crippen molar-refractivity contribution in [3.8, 4) is 0 Å². The Labute approximate surface area is 105 Å². The van der Waals surface area contributed by atoms with Gasteiger partial charge >= 0.3 is 0 Å². The number of nitrogens with zero attached hydrogens (tertiary/aromatic N) is 1. The minimum Gasteiger partial charge on any atom is -0.464 e. The molecule has 2 aromatic rings. The van der Waals surface area contributed by atoms with Crippen molar-refractivity contribution in [2.75, 3.05) is 6.54 Å². The summed E-state index contributed by atoms with van der Waals surface area (Å²) in [4.78, 5) is 4.22. The summed E-state index contributed by atoms with van der Waals surface area (Å²) in [7, 11) is 0. The zero-order valence-corrected chi connectivity index (χ0v) is 10.8. The van der Waals surface area contributed by atoms with Crippen molar-refractivity contribution < 1.29 is 8.83 Å². The van der Waals surface area contributed by atoms with Gasteiger partial charge in [-0.05, 0) is 25.6 Å². The van der Waals surface area contributed by atoms with Gasteiger partial charge in [0.05, 0.1) is 18.0 Å². The van der Waals surface area contributed by atoms with Crippen molar-refractivity contribution in [2.45, 2.75) is 31.4 Å². The molecule has 0 aliphatic heterocycles. The Bertz CT molecular complexity index is 465. The fourth-order valence-corrected chi connectivity index (χ4v) is 2.12. The van der Waals surface area contributed by atoms with Crippen molar-refractivity contribution in [3.05, 3.63) is 35.6 Å². The van der Waals surface area contributed by atoms with Crippen LogP contribution in [-0.2, 0) is 12.3 Å². The van der Waals surface area contributed by atoms with Crippen LogP contribution in [0.1, 0.15) is 24.1 Å². The lowest BCUT2D eigenvalue weighted by Gasteiger charge is -1.97. The maximum atomic E-state index is 5.66. The van der Waals surface area contributed by atoms with Gasteiger partial charge in [0.15, 0.2) is 0 Å². The highest BCUT2D eigenvalue weighted by Gasteiger charge is 2.05. The van der Waals surface area contributed by atoms with E-state index in [1.54, 1.807) is 6.26 Å². The van der Waals surface area contributed by atoms with Crippen LogP contribution in [0.3, 0.4) is 0 Å². The van der Waals surface area contributed by atoms with Gasteiger partial charge in [-0.25, -0.2) is 4.98 Å². The van der Waals surface area contributed by atoms with Crippen LogP contribution in [0.5, 0.6) is 0 Å². The number of furan rings is 1. The van der Waals surface area contributed by atoms with E-state index in [9.17, 15) is 0 Å². The topological polar surface area (TPSA) is 51.2 Å². The van der Waals surface area contributed by atoms with Crippen molar-refractivity contribution >= 4 is 11.8 Å². The lowest BCUT2D eigenvalue weighted by molar-refractivity contribution is 0.449. The molecule has 4 nitrogen and oxygen atoms in total. The van der Waals surface area contributed by atoms with E-state index in [0.717, 1.165) is 36.1 Å². The molecule has 0 fully saturated rings. The molecule has 0 unspecified atom stereocenters. The second-order valence-electron chi connectivity index (χ2n) is 3.69. The third kappa shape index (κ3) is 3.64. The predicted octanol–water partition coefficient (Wildman–Crippen LogP) is 2.98. The molecule has 0 saturated carbocycles. The summed E-state index contributed by atoms with van der Waals surface area (Å²) < 4.78 is 10.9. The molecule has 0 radical (unpaired) electrons. The molecule has 5 heteroatoms. The summed E-state index contributed by atoms with van der Waals surface area (Å²) in [6.07, 6.45) is 1.65. The Balaban J connectivity index is 1.84. The summed E-state index contributed by atoms with van der Waals surface area (Å²) in [6.45, 7) is 5.71. The van der Waals surface area contributed by atoms with Crippen molar-refractivity contribution in [3.63, 3.8) is 0 Å². The number of nitrogens with one attached hydrogen (secondary N) is 1. The summed E-state index contributed by atoms with van der Waals surface area (Å²) in [5, 5.41) is 3.91. The van der Waals surface area contributed by atoms with Gasteiger partial charge in [0.1, 0.15) is 17.8 Å². The molecular formula is C12H16N2O2S. The smallest absolute Gasteiger partial charge is 0.256 e. The van der Waals surface area contributed by atoms with Gasteiger partial charge in [0, 0.05) is 0 Å². The Morgan fingerprint density at radius 3 is 2.88 bits per heavy atom. The highest BCUT2D eigenvalue weighted by molar-refractivity contribution is 7.98. The predicted molar refractivity (Wildman–Crippen MR) is 66.9 cm³/mol. The number of rotatable bonds is 6. The monoisotopic (exact) mass is 252 g/mol. The molecule has 0 aromatic carbocycles. The van der Waals surface area contributed by atoms with Gasteiger partial charge in [-0.15, -0.1) is 0 Å². The van der Waals surface area contributed by atoms with Gasteiger partial charge < -0.3 is 14.2 Å². The largest absolute Gasteiger partial charge is 0.464 e. The van der Waals surface area contributed by atoms with Gasteiger partial charge in [-0.1, -0.05) is 18.7 Å². The molecule has 0 atom stereocenters. The van der Waals surface area contributed by atoms with Crippen LogP contribution in [0.25, 0.3) is 0 Å². The van der Waals surface area contributed by atoms with Crippen LogP contribution >= 0.6 is 11.8 Å². The van der Waals surface area contributed by atoms with E-state index in [4.69, 9.17) is 8.83 Å². The molecule has 0 amide bonds. The summed E-state index contributed by atoms with van der Waals surface area (Å²) in [6, 6.07) is 3.99. The first kappa shape index (κ1) is 12.3. The molecule has 0 bridgehead atoms. The first-order valence-corrected chi connectivity index (χ1v) is 6.59. The third-order valence-electron chi connectivity index (χ3n) is 2.20. The Morgan fingerprint density at radius 1 is 1.35 bits per heavy atom. The molecule has 2 heterocycles. The van der Waals surface area contributed by atoms with Gasteiger partial charge in [0.2, 0.25) is 0 Å².